The summed E-state index contributed by atoms with van der Waals surface area (Å²) in [5, 5.41) is 18.1. The van der Waals surface area contributed by atoms with Crippen LogP contribution in [0.2, 0.25) is 10.0 Å². The maximum atomic E-state index is 10.6. The Hall–Kier alpha value is -1.82. The number of aromatic carboxylic acids is 2. The molecule has 0 unspecified atom stereocenters. The van der Waals surface area contributed by atoms with E-state index in [1.807, 2.05) is 0 Å². The largest absolute Gasteiger partial charge is 0.496 e. The number of halogens is 2. The van der Waals surface area contributed by atoms with Crippen LogP contribution in [0.15, 0.2) is 36.4 Å². The minimum Gasteiger partial charge on any atom is -0.496 e. The molecule has 0 saturated carbocycles. The predicted molar refractivity (Wildman–Crippen MR) is 89.9 cm³/mol. The summed E-state index contributed by atoms with van der Waals surface area (Å²) in [6, 6.07) is 8.89. The Balaban J connectivity index is 0.000000443. The van der Waals surface area contributed by atoms with Crippen LogP contribution in [0.3, 0.4) is 0 Å². The second kappa shape index (κ2) is 10.9. The van der Waals surface area contributed by atoms with Crippen LogP contribution in [0.25, 0.3) is 0 Å². The molecule has 6 nitrogen and oxygen atoms in total. The van der Waals surface area contributed by atoms with E-state index in [-0.39, 0.29) is 30.6 Å². The summed E-state index contributed by atoms with van der Waals surface area (Å²) in [6.07, 6.45) is 0. The van der Waals surface area contributed by atoms with Gasteiger partial charge in [0.2, 0.25) is 0 Å². The van der Waals surface area contributed by atoms with E-state index in [9.17, 15) is 9.59 Å². The second-order valence-corrected chi connectivity index (χ2v) is 5.17. The molecule has 0 atom stereocenters. The average molecular weight is 439 g/mol. The molecule has 0 aliphatic carbocycles. The van der Waals surface area contributed by atoms with Crippen molar-refractivity contribution in [3.8, 4) is 11.5 Å². The van der Waals surface area contributed by atoms with E-state index in [1.54, 1.807) is 12.1 Å². The first-order valence-corrected chi connectivity index (χ1v) is 7.19. The van der Waals surface area contributed by atoms with Gasteiger partial charge in [-0.25, -0.2) is 9.59 Å². The zero-order valence-corrected chi connectivity index (χ0v) is 17.9. The monoisotopic (exact) mass is 436 g/mol. The Morgan fingerprint density at radius 1 is 0.800 bits per heavy atom. The molecule has 2 aromatic rings. The van der Waals surface area contributed by atoms with E-state index in [2.05, 4.69) is 0 Å². The van der Waals surface area contributed by atoms with Crippen LogP contribution in [0.5, 0.6) is 11.5 Å². The summed E-state index contributed by atoms with van der Waals surface area (Å²) in [6.45, 7) is 0. The Morgan fingerprint density at radius 3 is 1.36 bits per heavy atom. The summed E-state index contributed by atoms with van der Waals surface area (Å²) in [4.78, 5) is 21.2. The Kier molecular flexibility index (Phi) is 10.1. The van der Waals surface area contributed by atoms with Crippen LogP contribution in [-0.4, -0.2) is 36.4 Å². The summed E-state index contributed by atoms with van der Waals surface area (Å²) in [7, 11) is 2.82. The van der Waals surface area contributed by atoms with E-state index in [4.69, 9.17) is 42.9 Å². The first kappa shape index (κ1) is 23.2. The van der Waals surface area contributed by atoms with Gasteiger partial charge in [-0.3, -0.25) is 0 Å². The van der Waals surface area contributed by atoms with Gasteiger partial charge in [0.05, 0.1) is 14.2 Å². The van der Waals surface area contributed by atoms with Gasteiger partial charge >= 0.3 is 11.9 Å². The van der Waals surface area contributed by atoms with Crippen molar-refractivity contribution < 1.29 is 48.8 Å². The molecule has 9 heteroatoms. The van der Waals surface area contributed by atoms with Gasteiger partial charge in [0, 0.05) is 29.5 Å². The van der Waals surface area contributed by atoms with Crippen molar-refractivity contribution in [3.63, 3.8) is 0 Å². The van der Waals surface area contributed by atoms with Crippen LogP contribution < -0.4 is 9.47 Å². The number of hydrogen-bond donors (Lipinski definition) is 2. The van der Waals surface area contributed by atoms with Crippen molar-refractivity contribution in [1.29, 1.82) is 0 Å². The minimum atomic E-state index is -1.05. The number of hydrogen-bond acceptors (Lipinski definition) is 4. The van der Waals surface area contributed by atoms with Crippen LogP contribution in [0.4, 0.5) is 0 Å². The van der Waals surface area contributed by atoms with Gasteiger partial charge in [-0.1, -0.05) is 23.2 Å². The number of ether oxygens (including phenoxy) is 2. The Morgan fingerprint density at radius 2 is 1.12 bits per heavy atom. The number of benzene rings is 2. The van der Waals surface area contributed by atoms with E-state index in [0.717, 1.165) is 0 Å². The second-order valence-electron chi connectivity index (χ2n) is 4.30. The third-order valence-corrected chi connectivity index (χ3v) is 3.25. The van der Waals surface area contributed by atoms with Gasteiger partial charge in [-0.2, -0.15) is 0 Å². The van der Waals surface area contributed by atoms with Gasteiger partial charge in [0.15, 0.2) is 0 Å². The molecule has 0 bridgehead atoms. The molecule has 0 aliphatic rings. The zero-order chi connectivity index (χ0) is 18.3. The number of carboxylic acids is 2. The van der Waals surface area contributed by atoms with Crippen LogP contribution in [-0.2, 0) is 19.5 Å². The van der Waals surface area contributed by atoms with Gasteiger partial charge < -0.3 is 19.7 Å². The first-order chi connectivity index (χ1) is 11.3. The molecule has 0 heterocycles. The SMILES string of the molecule is COc1ccc(Cl)cc1C(=O)O.COc1ccc(Cl)cc1C(=O)O.[Zn]. The Labute approximate surface area is 167 Å². The summed E-state index contributed by atoms with van der Waals surface area (Å²) >= 11 is 11.2. The quantitative estimate of drug-likeness (QED) is 0.699. The molecule has 130 valence electrons. The molecule has 25 heavy (non-hydrogen) atoms. The summed E-state index contributed by atoms with van der Waals surface area (Å²) in [5.41, 5.74) is 0.148. The van der Waals surface area contributed by atoms with E-state index >= 15 is 0 Å². The van der Waals surface area contributed by atoms with Crippen molar-refractivity contribution in [2.24, 2.45) is 0 Å². The normalized spacial score (nSPS) is 9.12. The molecule has 2 N–H and O–H groups in total. The fourth-order valence-corrected chi connectivity index (χ4v) is 2.04. The number of carbonyl (C=O) groups is 2. The molecule has 0 fully saturated rings. The van der Waals surface area contributed by atoms with Gasteiger partial charge in [-0.05, 0) is 36.4 Å². The van der Waals surface area contributed by atoms with Gasteiger partial charge in [-0.15, -0.1) is 0 Å². The first-order valence-electron chi connectivity index (χ1n) is 6.43. The fraction of sp³-hybridized carbons (Fsp3) is 0.125. The fourth-order valence-electron chi connectivity index (χ4n) is 1.69. The number of rotatable bonds is 4. The van der Waals surface area contributed by atoms with E-state index in [1.165, 1.54) is 38.5 Å². The molecule has 0 amide bonds. The van der Waals surface area contributed by atoms with E-state index in [0.29, 0.717) is 21.5 Å². The van der Waals surface area contributed by atoms with Crippen LogP contribution in [0, 0.1) is 0 Å². The molecule has 0 aromatic heterocycles. The summed E-state index contributed by atoms with van der Waals surface area (Å²) in [5.74, 6) is -1.47. The van der Waals surface area contributed by atoms with Crippen molar-refractivity contribution in [2.75, 3.05) is 14.2 Å². The molecule has 0 spiro atoms. The Bertz CT molecular complexity index is 688. The standard InChI is InChI=1S/2C8H7ClO3.Zn/c2*1-12-7-3-2-5(9)4-6(7)8(10)11;/h2*2-4H,1H3,(H,10,11);. The molecule has 0 radical (unpaired) electrons. The average Bonchev–Trinajstić information content (AvgIpc) is 2.55. The number of methoxy groups -OCH3 is 2. The minimum absolute atomic E-state index is 0. The number of carboxylic acid groups (broad SMARTS) is 2. The molecule has 0 aliphatic heterocycles. The van der Waals surface area contributed by atoms with Crippen molar-refractivity contribution >= 4 is 35.1 Å². The summed E-state index contributed by atoms with van der Waals surface area (Å²) < 4.78 is 9.64. The molecule has 2 aromatic carbocycles. The van der Waals surface area contributed by atoms with Crippen molar-refractivity contribution in [2.45, 2.75) is 0 Å². The van der Waals surface area contributed by atoms with Crippen molar-refractivity contribution in [1.82, 2.24) is 0 Å². The van der Waals surface area contributed by atoms with Crippen molar-refractivity contribution in [3.05, 3.63) is 57.6 Å². The van der Waals surface area contributed by atoms with Gasteiger partial charge in [0.25, 0.3) is 0 Å². The molecular weight excluding hydrogens is 424 g/mol. The van der Waals surface area contributed by atoms with Gasteiger partial charge in [0.1, 0.15) is 22.6 Å². The van der Waals surface area contributed by atoms with Crippen LogP contribution >= 0.6 is 23.2 Å². The molecule has 0 saturated heterocycles. The van der Waals surface area contributed by atoms with E-state index < -0.39 is 11.9 Å². The predicted octanol–water partition coefficient (Wildman–Crippen LogP) is 4.09. The third-order valence-electron chi connectivity index (χ3n) is 2.78. The maximum Gasteiger partial charge on any atom is 0.339 e. The molecule has 2 rings (SSSR count). The van der Waals surface area contributed by atoms with Crippen LogP contribution in [0.1, 0.15) is 20.7 Å². The maximum absolute atomic E-state index is 10.6. The zero-order valence-electron chi connectivity index (χ0n) is 13.5. The topological polar surface area (TPSA) is 93.1 Å². The smallest absolute Gasteiger partial charge is 0.339 e. The third kappa shape index (κ3) is 6.90. The molecular formula is C16H14Cl2O6Zn.